The van der Waals surface area contributed by atoms with Crippen molar-refractivity contribution in [2.45, 2.75) is 12.8 Å². The Labute approximate surface area is 105 Å². The Hall–Kier alpha value is -1.69. The highest BCUT2D eigenvalue weighted by Crippen LogP contribution is 2.30. The van der Waals surface area contributed by atoms with Crippen LogP contribution in [0.3, 0.4) is 0 Å². The Kier molecular flexibility index (Phi) is 2.25. The second-order valence-electron chi connectivity index (χ2n) is 3.84. The van der Waals surface area contributed by atoms with Gasteiger partial charge in [-0.25, -0.2) is 9.48 Å². The average molecular weight is 294 g/mol. The molecule has 86 valence electrons. The number of rotatable bonds is 1. The minimum Gasteiger partial charge on any atom is -0.478 e. The summed E-state index contributed by atoms with van der Waals surface area (Å²) < 4.78 is 2.60. The first-order chi connectivity index (χ1) is 8.18. The maximum atomic E-state index is 11.0. The number of nitrogens with zero attached hydrogens (tertiary/aromatic N) is 3. The van der Waals surface area contributed by atoms with Crippen LogP contribution in [-0.4, -0.2) is 25.8 Å². The van der Waals surface area contributed by atoms with Crippen LogP contribution in [0.4, 0.5) is 0 Å². The first kappa shape index (κ1) is 10.5. The van der Waals surface area contributed by atoms with Crippen molar-refractivity contribution in [3.63, 3.8) is 0 Å². The molecule has 0 aliphatic carbocycles. The quantitative estimate of drug-likeness (QED) is 0.871. The zero-order chi connectivity index (χ0) is 12.0. The number of pyridine rings is 1. The third kappa shape index (κ3) is 1.48. The van der Waals surface area contributed by atoms with Crippen molar-refractivity contribution in [2.75, 3.05) is 0 Å². The van der Waals surface area contributed by atoms with Gasteiger partial charge in [0.2, 0.25) is 0 Å². The van der Waals surface area contributed by atoms with Gasteiger partial charge in [-0.3, -0.25) is 4.98 Å². The normalized spacial score (nSPS) is 13.0. The molecule has 0 atom stereocenters. The van der Waals surface area contributed by atoms with Crippen LogP contribution in [0.2, 0.25) is 0 Å². The van der Waals surface area contributed by atoms with Crippen LogP contribution in [0.15, 0.2) is 23.1 Å². The molecule has 6 heteroatoms. The van der Waals surface area contributed by atoms with Crippen LogP contribution in [-0.2, 0) is 12.8 Å². The summed E-state index contributed by atoms with van der Waals surface area (Å²) in [5, 5.41) is 13.2. The fraction of sp³-hybridized carbons (Fsp3) is 0.182. The lowest BCUT2D eigenvalue weighted by Gasteiger charge is -2.18. The third-order valence-electron chi connectivity index (χ3n) is 2.92. The molecule has 0 bridgehead atoms. The molecule has 1 aliphatic rings. The van der Waals surface area contributed by atoms with Crippen molar-refractivity contribution in [1.29, 1.82) is 0 Å². The predicted octanol–water partition coefficient (Wildman–Crippen LogP) is 1.83. The zero-order valence-corrected chi connectivity index (χ0v) is 10.3. The van der Waals surface area contributed by atoms with Gasteiger partial charge in [-0.15, -0.1) is 0 Å². The van der Waals surface area contributed by atoms with Gasteiger partial charge in [0.15, 0.2) is 0 Å². The first-order valence-corrected chi connectivity index (χ1v) is 5.90. The molecule has 0 unspecified atom stereocenters. The van der Waals surface area contributed by atoms with Crippen molar-refractivity contribution in [2.24, 2.45) is 0 Å². The van der Waals surface area contributed by atoms with E-state index < -0.39 is 5.97 Å². The number of carboxylic acids is 1. The summed E-state index contributed by atoms with van der Waals surface area (Å²) in [4.78, 5) is 15.1. The van der Waals surface area contributed by atoms with E-state index in [2.05, 4.69) is 26.0 Å². The molecule has 17 heavy (non-hydrogen) atoms. The Morgan fingerprint density at radius 2 is 2.18 bits per heavy atom. The lowest BCUT2D eigenvalue weighted by molar-refractivity contribution is 0.0695. The molecule has 5 nitrogen and oxygen atoms in total. The van der Waals surface area contributed by atoms with Crippen LogP contribution < -0.4 is 0 Å². The van der Waals surface area contributed by atoms with E-state index in [1.807, 2.05) is 0 Å². The van der Waals surface area contributed by atoms with E-state index in [1.165, 1.54) is 6.20 Å². The summed E-state index contributed by atoms with van der Waals surface area (Å²) in [5.74, 6) is -0.933. The summed E-state index contributed by atoms with van der Waals surface area (Å²) in [7, 11) is 0. The van der Waals surface area contributed by atoms with Gasteiger partial charge in [0.25, 0.3) is 0 Å². The monoisotopic (exact) mass is 293 g/mol. The molecule has 0 spiro atoms. The van der Waals surface area contributed by atoms with Gasteiger partial charge < -0.3 is 5.11 Å². The smallest absolute Gasteiger partial charge is 0.339 e. The maximum Gasteiger partial charge on any atom is 0.339 e. The number of halogens is 1. The third-order valence-corrected chi connectivity index (χ3v) is 3.60. The highest BCUT2D eigenvalue weighted by Gasteiger charge is 2.24. The van der Waals surface area contributed by atoms with Crippen LogP contribution >= 0.6 is 15.9 Å². The summed E-state index contributed by atoms with van der Waals surface area (Å²) in [6, 6.07) is 0. The summed E-state index contributed by atoms with van der Waals surface area (Å²) in [5.41, 5.74) is 2.99. The van der Waals surface area contributed by atoms with E-state index >= 15 is 0 Å². The predicted molar refractivity (Wildman–Crippen MR) is 63.4 cm³/mol. The average Bonchev–Trinajstić information content (AvgIpc) is 2.73. The summed E-state index contributed by atoms with van der Waals surface area (Å²) >= 11 is 3.45. The lowest BCUT2D eigenvalue weighted by atomic mass is 10.0. The van der Waals surface area contributed by atoms with E-state index in [0.29, 0.717) is 6.42 Å². The largest absolute Gasteiger partial charge is 0.478 e. The highest BCUT2D eigenvalue weighted by atomic mass is 79.9. The molecule has 1 aliphatic heterocycles. The molecular formula is C11H8BrN3O2. The molecule has 0 fully saturated rings. The topological polar surface area (TPSA) is 68.0 Å². The minimum atomic E-state index is -0.933. The molecule has 2 aromatic heterocycles. The number of carboxylic acid groups (broad SMARTS) is 1. The van der Waals surface area contributed by atoms with Gasteiger partial charge in [-0.1, -0.05) is 0 Å². The number of fused-ring (bicyclic) bond motifs is 3. The van der Waals surface area contributed by atoms with Crippen LogP contribution in [0, 0.1) is 0 Å². The van der Waals surface area contributed by atoms with E-state index in [1.54, 1.807) is 17.1 Å². The second-order valence-corrected chi connectivity index (χ2v) is 4.70. The number of aromatic nitrogens is 3. The number of carbonyl (C=O) groups is 1. The number of hydrogen-bond donors (Lipinski definition) is 1. The fourth-order valence-corrected chi connectivity index (χ4v) is 2.65. The van der Waals surface area contributed by atoms with Gasteiger partial charge in [-0.05, 0) is 34.3 Å². The molecular weight excluding hydrogens is 286 g/mol. The van der Waals surface area contributed by atoms with Crippen LogP contribution in [0.1, 0.15) is 21.6 Å². The molecule has 3 rings (SSSR count). The lowest BCUT2D eigenvalue weighted by Crippen LogP contribution is -2.15. The fourth-order valence-electron chi connectivity index (χ4n) is 2.13. The first-order valence-electron chi connectivity index (χ1n) is 5.11. The standard InChI is InChI=1S/C11H8BrN3O2/c12-8-4-13-5-10-6(8)1-2-9-7(11(16)17)3-14-15(9)10/h3-5H,1-2H2,(H,16,17). The van der Waals surface area contributed by atoms with E-state index in [-0.39, 0.29) is 5.56 Å². The van der Waals surface area contributed by atoms with Crippen molar-refractivity contribution in [1.82, 2.24) is 14.8 Å². The Balaban J connectivity index is 2.25. The SMILES string of the molecule is O=C(O)c1cnn2c1CCc1c(Br)cncc1-2. The zero-order valence-electron chi connectivity index (χ0n) is 8.72. The van der Waals surface area contributed by atoms with Gasteiger partial charge in [-0.2, -0.15) is 5.10 Å². The van der Waals surface area contributed by atoms with Crippen molar-refractivity contribution in [3.05, 3.63) is 39.9 Å². The Morgan fingerprint density at radius 1 is 1.35 bits per heavy atom. The van der Waals surface area contributed by atoms with Gasteiger partial charge in [0.05, 0.1) is 23.8 Å². The van der Waals surface area contributed by atoms with Gasteiger partial charge >= 0.3 is 5.97 Å². The number of aromatic carboxylic acids is 1. The van der Waals surface area contributed by atoms with Crippen LogP contribution in [0.25, 0.3) is 5.69 Å². The minimum absolute atomic E-state index is 0.274. The molecule has 3 heterocycles. The van der Waals surface area contributed by atoms with E-state index in [4.69, 9.17) is 5.11 Å². The molecule has 0 saturated heterocycles. The molecule has 0 radical (unpaired) electrons. The van der Waals surface area contributed by atoms with E-state index in [9.17, 15) is 4.79 Å². The molecule has 1 N–H and O–H groups in total. The van der Waals surface area contributed by atoms with Crippen molar-refractivity contribution in [3.8, 4) is 5.69 Å². The van der Waals surface area contributed by atoms with Crippen molar-refractivity contribution < 1.29 is 9.90 Å². The Bertz CT molecular complexity index is 621. The van der Waals surface area contributed by atoms with Crippen LogP contribution in [0.5, 0.6) is 0 Å². The second kappa shape index (κ2) is 3.66. The number of hydrogen-bond acceptors (Lipinski definition) is 3. The maximum absolute atomic E-state index is 11.0. The van der Waals surface area contributed by atoms with E-state index in [0.717, 1.165) is 27.8 Å². The molecule has 0 saturated carbocycles. The summed E-state index contributed by atoms with van der Waals surface area (Å²) in [6.07, 6.45) is 6.32. The van der Waals surface area contributed by atoms with Gasteiger partial charge in [0, 0.05) is 10.7 Å². The molecule has 0 amide bonds. The Morgan fingerprint density at radius 3 is 2.94 bits per heavy atom. The molecule has 0 aromatic carbocycles. The van der Waals surface area contributed by atoms with Gasteiger partial charge in [0.1, 0.15) is 5.56 Å². The summed E-state index contributed by atoms with van der Waals surface area (Å²) in [6.45, 7) is 0. The molecule has 2 aromatic rings. The van der Waals surface area contributed by atoms with Crippen molar-refractivity contribution >= 4 is 21.9 Å². The highest BCUT2D eigenvalue weighted by molar-refractivity contribution is 9.10.